The molecule has 0 saturated heterocycles. The number of hydrogen-bond donors (Lipinski definition) is 0. The van der Waals surface area contributed by atoms with Crippen LogP contribution in [0.5, 0.6) is 0 Å². The van der Waals surface area contributed by atoms with Crippen molar-refractivity contribution in [1.29, 1.82) is 0 Å². The van der Waals surface area contributed by atoms with Crippen LogP contribution in [-0.2, 0) is 0 Å². The van der Waals surface area contributed by atoms with Crippen LogP contribution in [0.2, 0.25) is 0 Å². The van der Waals surface area contributed by atoms with Gasteiger partial charge in [-0.3, -0.25) is 0 Å². The summed E-state index contributed by atoms with van der Waals surface area (Å²) in [7, 11) is 0. The fraction of sp³-hybridized carbons (Fsp3) is 0. The fourth-order valence-electron chi connectivity index (χ4n) is 0. The average molecular weight is 202 g/mol. The van der Waals surface area contributed by atoms with Gasteiger partial charge in [-0.15, -0.1) is 0 Å². The second kappa shape index (κ2) is 43.8. The van der Waals surface area contributed by atoms with Gasteiger partial charge in [0.25, 0.3) is 0 Å². The van der Waals surface area contributed by atoms with Crippen LogP contribution in [0, 0.1) is 0 Å². The van der Waals surface area contributed by atoms with E-state index in [9.17, 15) is 0 Å². The van der Waals surface area contributed by atoms with Crippen LogP contribution >= 0.6 is 0 Å². The molecular weight excluding hydrogens is 190 g/mol. The van der Waals surface area contributed by atoms with Crippen LogP contribution in [0.15, 0.2) is 0 Å². The van der Waals surface area contributed by atoms with Crippen LogP contribution in [0.3, 0.4) is 0 Å². The van der Waals surface area contributed by atoms with Gasteiger partial charge in [0.05, 0.1) is 0 Å². The van der Waals surface area contributed by atoms with E-state index >= 15 is 0 Å². The van der Waals surface area contributed by atoms with Gasteiger partial charge >= 0.3 is 156 Å². The first-order chi connectivity index (χ1) is 0. The van der Waals surface area contributed by atoms with Crippen molar-refractivity contribution < 1.29 is 106 Å². The van der Waals surface area contributed by atoms with Gasteiger partial charge in [-0.1, -0.05) is 0 Å². The molecule has 0 heterocycles. The predicted molar refractivity (Wildman–Crippen MR) is 29.0 cm³/mol. The van der Waals surface area contributed by atoms with Gasteiger partial charge in [-0.2, -0.15) is 0 Å². The van der Waals surface area contributed by atoms with E-state index in [2.05, 4.69) is 0 Å². The van der Waals surface area contributed by atoms with E-state index in [0.29, 0.717) is 0 Å². The Morgan fingerprint density at radius 1 is 0.714 bits per heavy atom. The van der Waals surface area contributed by atoms with Gasteiger partial charge in [-0.05, 0) is 0 Å². The summed E-state index contributed by atoms with van der Waals surface area (Å²) in [5.74, 6) is 0. The zero-order valence-electron chi connectivity index (χ0n) is 10.9. The van der Waals surface area contributed by atoms with Gasteiger partial charge in [0.1, 0.15) is 0 Å². The summed E-state index contributed by atoms with van der Waals surface area (Å²) in [6.07, 6.45) is 0. The molecule has 0 spiro atoms. The predicted octanol–water partition coefficient (Wildman–Crippen LogP) is -8.55. The molecule has 3 nitrogen and oxygen atoms in total. The Morgan fingerprint density at radius 2 is 0.714 bits per heavy atom. The van der Waals surface area contributed by atoms with E-state index in [-0.39, 0.29) is 181 Å². The molecular formula is H12Ca2KNaO3. The zero-order chi connectivity index (χ0) is 0. The molecule has 0 aromatic rings. The molecule has 36 valence electrons. The summed E-state index contributed by atoms with van der Waals surface area (Å²) < 4.78 is 0. The molecule has 0 aliphatic rings. The first kappa shape index (κ1) is 57.8. The monoisotopic (exact) mass is 202 g/mol. The first-order valence-corrected chi connectivity index (χ1v) is 0. The molecule has 0 aliphatic heterocycles. The fourth-order valence-corrected chi connectivity index (χ4v) is 0. The average Bonchev–Trinajstić information content (AvgIpc) is 0. The van der Waals surface area contributed by atoms with Crippen molar-refractivity contribution in [3.8, 4) is 0 Å². The molecule has 7 heavy (non-hydrogen) atoms. The Kier molecular flexibility index (Phi) is 362. The Balaban J connectivity index is 0. The van der Waals surface area contributed by atoms with E-state index in [1.165, 1.54) is 0 Å². The van der Waals surface area contributed by atoms with E-state index in [1.807, 2.05) is 0 Å². The van der Waals surface area contributed by atoms with Crippen LogP contribution in [0.4, 0.5) is 0 Å². The summed E-state index contributed by atoms with van der Waals surface area (Å²) in [6.45, 7) is 0. The van der Waals surface area contributed by atoms with Crippen molar-refractivity contribution in [2.24, 2.45) is 0 Å². The van der Waals surface area contributed by atoms with E-state index in [1.54, 1.807) is 0 Å². The van der Waals surface area contributed by atoms with Crippen molar-refractivity contribution in [3.63, 3.8) is 0 Å². The number of hydrogen-bond acceptors (Lipinski definition) is 0. The summed E-state index contributed by atoms with van der Waals surface area (Å²) >= 11 is 0. The van der Waals surface area contributed by atoms with Gasteiger partial charge in [0.15, 0.2) is 0 Å². The van der Waals surface area contributed by atoms with Crippen LogP contribution in [0.1, 0.15) is 8.56 Å². The molecule has 7 heteroatoms. The molecule has 6 N–H and O–H groups in total. The maximum Gasteiger partial charge on any atom is 2.00 e. The Hall–Kier alpha value is 5.04. The quantitative estimate of drug-likeness (QED) is 0.349. The molecule has 0 atom stereocenters. The minimum absolute atomic E-state index is 0. The maximum atomic E-state index is 0. The topological polar surface area (TPSA) is 94.5 Å². The van der Waals surface area contributed by atoms with Gasteiger partial charge < -0.3 is 25.0 Å². The third-order valence-corrected chi connectivity index (χ3v) is 0. The Bertz CT molecular complexity index is 25.8. The third kappa shape index (κ3) is 35.5. The second-order valence-corrected chi connectivity index (χ2v) is 0. The standard InChI is InChI=1S/2Ca.K.Na.3H2O.6H/h;;;;3*1H2;;;;;;/q2*+2;2*+1;;;;6*-1. The third-order valence-electron chi connectivity index (χ3n) is 0. The van der Waals surface area contributed by atoms with Gasteiger partial charge in [-0.25, -0.2) is 0 Å². The molecule has 0 aromatic carbocycles. The molecule has 0 fully saturated rings. The van der Waals surface area contributed by atoms with Crippen molar-refractivity contribution in [3.05, 3.63) is 0 Å². The molecule has 0 unspecified atom stereocenters. The van der Waals surface area contributed by atoms with E-state index in [0.717, 1.165) is 0 Å². The summed E-state index contributed by atoms with van der Waals surface area (Å²) in [6, 6.07) is 0. The minimum atomic E-state index is 0. The van der Waals surface area contributed by atoms with Crippen LogP contribution < -0.4 is 80.9 Å². The Labute approximate surface area is 176 Å². The largest absolute Gasteiger partial charge is 2.00 e. The normalized spacial score (nSPS) is 0. The van der Waals surface area contributed by atoms with E-state index < -0.39 is 0 Å². The van der Waals surface area contributed by atoms with Crippen molar-refractivity contribution in [2.45, 2.75) is 0 Å². The molecule has 0 amide bonds. The first-order valence-electron chi connectivity index (χ1n) is 0. The molecule has 0 aromatic heterocycles. The summed E-state index contributed by atoms with van der Waals surface area (Å²) in [5, 5.41) is 0. The molecule has 0 bridgehead atoms. The molecule has 0 radical (unpaired) electrons. The van der Waals surface area contributed by atoms with Gasteiger partial charge in [0, 0.05) is 0 Å². The second-order valence-electron chi connectivity index (χ2n) is 0. The smallest absolute Gasteiger partial charge is 1.00 e. The maximum absolute atomic E-state index is 0. The number of rotatable bonds is 0. The van der Waals surface area contributed by atoms with Crippen LogP contribution in [0.25, 0.3) is 0 Å². The van der Waals surface area contributed by atoms with Crippen molar-refractivity contribution in [1.82, 2.24) is 0 Å². The van der Waals surface area contributed by atoms with Crippen LogP contribution in [-0.4, -0.2) is 91.9 Å². The van der Waals surface area contributed by atoms with Crippen molar-refractivity contribution >= 4 is 75.5 Å². The Morgan fingerprint density at radius 3 is 0.714 bits per heavy atom. The minimum Gasteiger partial charge on any atom is -1.00 e. The SMILES string of the molecule is O.O.O.[Ca+2].[Ca+2].[H-].[H-].[H-].[H-].[H-].[H-].[K+].[Na+]. The van der Waals surface area contributed by atoms with Gasteiger partial charge in [0.2, 0.25) is 0 Å². The zero-order valence-corrected chi connectivity index (χ0v) is 14.5. The molecule has 0 saturated carbocycles. The molecule has 0 rings (SSSR count). The summed E-state index contributed by atoms with van der Waals surface area (Å²) in [5.41, 5.74) is 0. The molecule has 0 aliphatic carbocycles. The van der Waals surface area contributed by atoms with Crippen molar-refractivity contribution in [2.75, 3.05) is 0 Å². The summed E-state index contributed by atoms with van der Waals surface area (Å²) in [4.78, 5) is 0. The van der Waals surface area contributed by atoms with E-state index in [4.69, 9.17) is 0 Å².